The van der Waals surface area contributed by atoms with E-state index >= 15 is 0 Å². The van der Waals surface area contributed by atoms with Crippen LogP contribution in [0.2, 0.25) is 0 Å². The highest BCUT2D eigenvalue weighted by atomic mass is 32.1. The maximum absolute atomic E-state index is 11.3. The maximum atomic E-state index is 11.3. The molecule has 0 bridgehead atoms. The van der Waals surface area contributed by atoms with Gasteiger partial charge in [-0.1, -0.05) is 24.3 Å². The van der Waals surface area contributed by atoms with E-state index in [2.05, 4.69) is 14.7 Å². The molecular weight excluding hydrogens is 272 g/mol. The smallest absolute Gasteiger partial charge is 0.311 e. The third-order valence-corrected chi connectivity index (χ3v) is 3.93. The number of aromatic nitrogens is 2. The van der Waals surface area contributed by atoms with Crippen molar-refractivity contribution in [3.63, 3.8) is 0 Å². The van der Waals surface area contributed by atoms with Gasteiger partial charge in [0, 0.05) is 28.7 Å². The summed E-state index contributed by atoms with van der Waals surface area (Å²) in [5.74, 6) is -0.280. The van der Waals surface area contributed by atoms with Crippen LogP contribution in [0, 0.1) is 0 Å². The first kappa shape index (κ1) is 12.7. The molecule has 0 atom stereocenters. The number of fused-ring (bicyclic) bond motifs is 1. The quantitative estimate of drug-likeness (QED) is 0.694. The highest BCUT2D eigenvalue weighted by Gasteiger charge is 2.11. The minimum absolute atomic E-state index is 0.200. The molecular formula is C15H12N2O2S. The molecule has 3 rings (SSSR count). The van der Waals surface area contributed by atoms with E-state index < -0.39 is 0 Å². The zero-order valence-corrected chi connectivity index (χ0v) is 11.7. The summed E-state index contributed by atoms with van der Waals surface area (Å²) in [7, 11) is 1.38. The molecule has 0 saturated heterocycles. The molecule has 0 spiro atoms. The SMILES string of the molecule is COC(=O)Cc1csc(-c2cncc3ccccc23)n1. The van der Waals surface area contributed by atoms with Crippen LogP contribution in [-0.2, 0) is 16.0 Å². The summed E-state index contributed by atoms with van der Waals surface area (Å²) in [6.45, 7) is 0. The van der Waals surface area contributed by atoms with Gasteiger partial charge in [0.25, 0.3) is 0 Å². The van der Waals surface area contributed by atoms with Gasteiger partial charge in [-0.05, 0) is 5.39 Å². The number of thiazole rings is 1. The van der Waals surface area contributed by atoms with Crippen LogP contribution in [0.3, 0.4) is 0 Å². The molecule has 20 heavy (non-hydrogen) atoms. The molecule has 0 aliphatic heterocycles. The van der Waals surface area contributed by atoms with Crippen molar-refractivity contribution < 1.29 is 9.53 Å². The predicted molar refractivity (Wildman–Crippen MR) is 78.6 cm³/mol. The molecule has 100 valence electrons. The summed E-state index contributed by atoms with van der Waals surface area (Å²) in [6, 6.07) is 8.05. The lowest BCUT2D eigenvalue weighted by Gasteiger charge is -2.02. The summed E-state index contributed by atoms with van der Waals surface area (Å²) >= 11 is 1.51. The van der Waals surface area contributed by atoms with Gasteiger partial charge >= 0.3 is 5.97 Å². The van der Waals surface area contributed by atoms with Crippen molar-refractivity contribution in [3.8, 4) is 10.6 Å². The molecule has 4 nitrogen and oxygen atoms in total. The van der Waals surface area contributed by atoms with Gasteiger partial charge in [0.15, 0.2) is 0 Å². The van der Waals surface area contributed by atoms with Crippen LogP contribution in [0.1, 0.15) is 5.69 Å². The highest BCUT2D eigenvalue weighted by Crippen LogP contribution is 2.30. The number of pyridine rings is 1. The number of ether oxygens (including phenoxy) is 1. The summed E-state index contributed by atoms with van der Waals surface area (Å²) in [5.41, 5.74) is 1.72. The molecule has 2 aromatic heterocycles. The van der Waals surface area contributed by atoms with Gasteiger partial charge < -0.3 is 4.74 Å². The van der Waals surface area contributed by atoms with Crippen LogP contribution in [0.25, 0.3) is 21.3 Å². The number of methoxy groups -OCH3 is 1. The molecule has 0 radical (unpaired) electrons. The normalized spacial score (nSPS) is 10.7. The topological polar surface area (TPSA) is 52.1 Å². The van der Waals surface area contributed by atoms with Crippen molar-refractivity contribution in [3.05, 3.63) is 47.7 Å². The molecule has 0 amide bonds. The Morgan fingerprint density at radius 1 is 1.30 bits per heavy atom. The van der Waals surface area contributed by atoms with E-state index in [1.807, 2.05) is 42.0 Å². The molecule has 0 unspecified atom stereocenters. The lowest BCUT2D eigenvalue weighted by atomic mass is 10.1. The Morgan fingerprint density at radius 2 is 2.15 bits per heavy atom. The monoisotopic (exact) mass is 284 g/mol. The zero-order valence-electron chi connectivity index (χ0n) is 10.9. The first-order chi connectivity index (χ1) is 9.78. The van der Waals surface area contributed by atoms with Crippen LogP contribution >= 0.6 is 11.3 Å². The highest BCUT2D eigenvalue weighted by molar-refractivity contribution is 7.13. The third kappa shape index (κ3) is 2.40. The second-order valence-electron chi connectivity index (χ2n) is 4.31. The molecule has 3 aromatic rings. The van der Waals surface area contributed by atoms with Crippen molar-refractivity contribution in [2.45, 2.75) is 6.42 Å². The van der Waals surface area contributed by atoms with Gasteiger partial charge in [0.05, 0.1) is 19.2 Å². The van der Waals surface area contributed by atoms with E-state index in [1.165, 1.54) is 18.4 Å². The van der Waals surface area contributed by atoms with Gasteiger partial charge in [-0.15, -0.1) is 11.3 Å². The van der Waals surface area contributed by atoms with Crippen molar-refractivity contribution in [2.24, 2.45) is 0 Å². The van der Waals surface area contributed by atoms with Gasteiger partial charge in [0.1, 0.15) is 5.01 Å². The Morgan fingerprint density at radius 3 is 3.00 bits per heavy atom. The van der Waals surface area contributed by atoms with Crippen molar-refractivity contribution in [2.75, 3.05) is 7.11 Å². The van der Waals surface area contributed by atoms with E-state index in [-0.39, 0.29) is 12.4 Å². The molecule has 0 N–H and O–H groups in total. The standard InChI is InChI=1S/C15H12N2O2S/c1-19-14(18)6-11-9-20-15(17-11)13-8-16-7-10-4-2-3-5-12(10)13/h2-5,7-9H,6H2,1H3. The van der Waals surface area contributed by atoms with Crippen molar-refractivity contribution in [1.82, 2.24) is 9.97 Å². The lowest BCUT2D eigenvalue weighted by Crippen LogP contribution is -2.04. The maximum Gasteiger partial charge on any atom is 0.311 e. The summed E-state index contributed by atoms with van der Waals surface area (Å²) in [4.78, 5) is 20.0. The number of rotatable bonds is 3. The van der Waals surface area contributed by atoms with E-state index in [1.54, 1.807) is 0 Å². The van der Waals surface area contributed by atoms with Crippen LogP contribution in [0.15, 0.2) is 42.0 Å². The van der Waals surface area contributed by atoms with Gasteiger partial charge in [0.2, 0.25) is 0 Å². The summed E-state index contributed by atoms with van der Waals surface area (Å²) < 4.78 is 4.65. The van der Waals surface area contributed by atoms with Crippen LogP contribution in [0.4, 0.5) is 0 Å². The van der Waals surface area contributed by atoms with Crippen LogP contribution in [0.5, 0.6) is 0 Å². The second kappa shape index (κ2) is 5.38. The van der Waals surface area contributed by atoms with E-state index in [0.29, 0.717) is 0 Å². The number of hydrogen-bond donors (Lipinski definition) is 0. The second-order valence-corrected chi connectivity index (χ2v) is 5.16. The van der Waals surface area contributed by atoms with Crippen LogP contribution in [-0.4, -0.2) is 23.0 Å². The Hall–Kier alpha value is -2.27. The van der Waals surface area contributed by atoms with E-state index in [4.69, 9.17) is 0 Å². The minimum atomic E-state index is -0.280. The number of hydrogen-bond acceptors (Lipinski definition) is 5. The number of carbonyl (C=O) groups excluding carboxylic acids is 1. The number of carbonyl (C=O) groups is 1. The zero-order chi connectivity index (χ0) is 13.9. The number of nitrogens with zero attached hydrogens (tertiary/aromatic N) is 2. The summed E-state index contributed by atoms with van der Waals surface area (Å²) in [5, 5.41) is 4.94. The largest absolute Gasteiger partial charge is 0.469 e. The number of esters is 1. The Balaban J connectivity index is 2.01. The minimum Gasteiger partial charge on any atom is -0.469 e. The Kier molecular flexibility index (Phi) is 3.43. The van der Waals surface area contributed by atoms with Gasteiger partial charge in [-0.3, -0.25) is 9.78 Å². The first-order valence-corrected chi connectivity index (χ1v) is 7.00. The molecule has 5 heteroatoms. The van der Waals surface area contributed by atoms with E-state index in [0.717, 1.165) is 27.0 Å². The molecule has 0 aliphatic carbocycles. The fourth-order valence-electron chi connectivity index (χ4n) is 2.02. The van der Waals surface area contributed by atoms with E-state index in [9.17, 15) is 4.79 Å². The molecule has 0 saturated carbocycles. The average Bonchev–Trinajstić information content (AvgIpc) is 2.94. The fraction of sp³-hybridized carbons (Fsp3) is 0.133. The first-order valence-electron chi connectivity index (χ1n) is 6.12. The third-order valence-electron chi connectivity index (χ3n) is 3.00. The fourth-order valence-corrected chi connectivity index (χ4v) is 2.86. The Labute approximate surface area is 120 Å². The van der Waals surface area contributed by atoms with Gasteiger partial charge in [-0.2, -0.15) is 0 Å². The molecule has 0 fully saturated rings. The Bertz CT molecular complexity index is 762. The molecule has 2 heterocycles. The van der Waals surface area contributed by atoms with Crippen molar-refractivity contribution >= 4 is 28.1 Å². The summed E-state index contributed by atoms with van der Waals surface area (Å²) in [6.07, 6.45) is 3.84. The predicted octanol–water partition coefficient (Wildman–Crippen LogP) is 3.07. The molecule has 0 aliphatic rings. The lowest BCUT2D eigenvalue weighted by molar-refractivity contribution is -0.139. The number of benzene rings is 1. The van der Waals surface area contributed by atoms with Crippen molar-refractivity contribution in [1.29, 1.82) is 0 Å². The van der Waals surface area contributed by atoms with Crippen LogP contribution < -0.4 is 0 Å². The average molecular weight is 284 g/mol. The van der Waals surface area contributed by atoms with Gasteiger partial charge in [-0.25, -0.2) is 4.98 Å². The molecule has 1 aromatic carbocycles.